The van der Waals surface area contributed by atoms with Gasteiger partial charge in [0.2, 0.25) is 5.91 Å². The van der Waals surface area contributed by atoms with Gasteiger partial charge in [-0.2, -0.15) is 0 Å². The Morgan fingerprint density at radius 2 is 2.05 bits per heavy atom. The Morgan fingerprint density at radius 1 is 1.19 bits per heavy atom. The average molecular weight is 294 g/mol. The largest absolute Gasteiger partial charge is 0.464 e. The molecule has 118 valence electrons. The van der Waals surface area contributed by atoms with Gasteiger partial charge in [0.25, 0.3) is 0 Å². The number of hydrogen-bond acceptors (Lipinski definition) is 4. The van der Waals surface area contributed by atoms with E-state index in [0.29, 0.717) is 25.0 Å². The summed E-state index contributed by atoms with van der Waals surface area (Å²) in [4.78, 5) is 26.8. The predicted octanol–water partition coefficient (Wildman–Crippen LogP) is 1.32. The van der Waals surface area contributed by atoms with Crippen LogP contribution >= 0.6 is 0 Å². The number of likely N-dealkylation sites (tertiary alicyclic amines) is 1. The van der Waals surface area contributed by atoms with Gasteiger partial charge in [-0.3, -0.25) is 4.79 Å². The van der Waals surface area contributed by atoms with Crippen LogP contribution in [0, 0.1) is 11.8 Å². The molecule has 1 saturated carbocycles. The quantitative estimate of drug-likeness (QED) is 0.798. The first kappa shape index (κ1) is 14.8. The maximum Gasteiger partial charge on any atom is 0.328 e. The van der Waals surface area contributed by atoms with E-state index in [1.165, 1.54) is 12.8 Å². The molecule has 0 aromatic rings. The molecule has 0 radical (unpaired) electrons. The maximum atomic E-state index is 12.9. The number of nitrogens with one attached hydrogen (secondary N) is 1. The molecule has 5 nitrogen and oxygen atoms in total. The number of nitrogens with zero attached hydrogens (tertiary/aromatic N) is 1. The molecule has 4 unspecified atom stereocenters. The molecule has 4 atom stereocenters. The summed E-state index contributed by atoms with van der Waals surface area (Å²) < 4.78 is 5.16. The number of rotatable bonds is 3. The van der Waals surface area contributed by atoms with Gasteiger partial charge in [0.05, 0.1) is 12.6 Å². The molecule has 1 N–H and O–H groups in total. The van der Waals surface area contributed by atoms with Crippen molar-refractivity contribution >= 4 is 11.9 Å². The molecule has 0 aromatic carbocycles. The van der Waals surface area contributed by atoms with Crippen LogP contribution < -0.4 is 5.32 Å². The van der Waals surface area contributed by atoms with Gasteiger partial charge in [0.1, 0.15) is 6.04 Å². The second kappa shape index (κ2) is 6.34. The summed E-state index contributed by atoms with van der Waals surface area (Å²) in [7, 11) is 0. The molecule has 0 aromatic heterocycles. The molecule has 3 rings (SSSR count). The van der Waals surface area contributed by atoms with Crippen molar-refractivity contribution in [2.24, 2.45) is 11.8 Å². The fraction of sp³-hybridized carbons (Fsp3) is 0.875. The summed E-state index contributed by atoms with van der Waals surface area (Å²) in [6.07, 6.45) is 6.35. The topological polar surface area (TPSA) is 58.6 Å². The Kier molecular flexibility index (Phi) is 4.48. The van der Waals surface area contributed by atoms with Crippen molar-refractivity contribution in [3.63, 3.8) is 0 Å². The highest BCUT2D eigenvalue weighted by Gasteiger charge is 2.46. The van der Waals surface area contributed by atoms with Crippen molar-refractivity contribution in [1.29, 1.82) is 0 Å². The third kappa shape index (κ3) is 2.80. The summed E-state index contributed by atoms with van der Waals surface area (Å²) in [5.74, 6) is 1.03. The van der Waals surface area contributed by atoms with Crippen LogP contribution in [-0.2, 0) is 14.3 Å². The molecule has 2 saturated heterocycles. The molecule has 0 bridgehead atoms. The number of esters is 1. The molecule has 5 heteroatoms. The zero-order chi connectivity index (χ0) is 14.8. The number of amides is 1. The number of ether oxygens (including phenoxy) is 1. The van der Waals surface area contributed by atoms with E-state index in [9.17, 15) is 9.59 Å². The van der Waals surface area contributed by atoms with E-state index in [-0.39, 0.29) is 24.0 Å². The zero-order valence-electron chi connectivity index (χ0n) is 12.8. The lowest BCUT2D eigenvalue weighted by Crippen LogP contribution is -2.55. The molecule has 3 fully saturated rings. The molecule has 2 heterocycles. The molecule has 21 heavy (non-hydrogen) atoms. The standard InChI is InChI=1S/C16H26N2O3/c1-2-21-16(20)13-8-3-4-9-18(13)15(19)14-12-7-5-6-11(12)10-17-14/h11-14,17H,2-10H2,1H3. The number of hydrogen-bond donors (Lipinski definition) is 1. The summed E-state index contributed by atoms with van der Waals surface area (Å²) in [5, 5.41) is 3.40. The first-order valence-electron chi connectivity index (χ1n) is 8.43. The molecule has 1 aliphatic carbocycles. The fourth-order valence-corrected chi connectivity index (χ4v) is 4.32. The van der Waals surface area contributed by atoms with Crippen LogP contribution in [0.3, 0.4) is 0 Å². The number of fused-ring (bicyclic) bond motifs is 1. The van der Waals surface area contributed by atoms with Crippen LogP contribution in [0.25, 0.3) is 0 Å². The highest BCUT2D eigenvalue weighted by molar-refractivity contribution is 5.88. The second-order valence-corrected chi connectivity index (χ2v) is 6.54. The maximum absolute atomic E-state index is 12.9. The number of piperidine rings is 1. The molecule has 0 spiro atoms. The van der Waals surface area contributed by atoms with Crippen molar-refractivity contribution in [3.8, 4) is 0 Å². The Hall–Kier alpha value is -1.10. The van der Waals surface area contributed by atoms with Crippen molar-refractivity contribution in [2.75, 3.05) is 19.7 Å². The third-order valence-corrected chi connectivity index (χ3v) is 5.36. The van der Waals surface area contributed by atoms with E-state index in [0.717, 1.165) is 32.2 Å². The molecule has 2 aliphatic heterocycles. The van der Waals surface area contributed by atoms with Crippen molar-refractivity contribution in [1.82, 2.24) is 10.2 Å². The van der Waals surface area contributed by atoms with Crippen LogP contribution in [0.2, 0.25) is 0 Å². The highest BCUT2D eigenvalue weighted by atomic mass is 16.5. The molecular formula is C16H26N2O3. The van der Waals surface area contributed by atoms with Gasteiger partial charge in [0.15, 0.2) is 0 Å². The van der Waals surface area contributed by atoms with Gasteiger partial charge in [-0.1, -0.05) is 6.42 Å². The lowest BCUT2D eigenvalue weighted by atomic mass is 9.92. The van der Waals surface area contributed by atoms with E-state index in [2.05, 4.69) is 5.32 Å². The van der Waals surface area contributed by atoms with Gasteiger partial charge in [-0.25, -0.2) is 4.79 Å². The summed E-state index contributed by atoms with van der Waals surface area (Å²) in [6.45, 7) is 3.84. The Labute approximate surface area is 126 Å². The minimum absolute atomic E-state index is 0.0764. The third-order valence-electron chi connectivity index (χ3n) is 5.36. The molecular weight excluding hydrogens is 268 g/mol. The SMILES string of the molecule is CCOC(=O)C1CCCCN1C(=O)C1NCC2CCCC21. The minimum Gasteiger partial charge on any atom is -0.464 e. The Morgan fingerprint density at radius 3 is 2.86 bits per heavy atom. The van der Waals surface area contributed by atoms with Crippen molar-refractivity contribution in [2.45, 2.75) is 57.5 Å². The number of carbonyl (C=O) groups excluding carboxylic acids is 2. The predicted molar refractivity (Wildman–Crippen MR) is 78.6 cm³/mol. The average Bonchev–Trinajstić information content (AvgIpc) is 3.09. The first-order chi connectivity index (χ1) is 10.2. The molecule has 3 aliphatic rings. The lowest BCUT2D eigenvalue weighted by Gasteiger charge is -2.36. The normalized spacial score (nSPS) is 35.6. The van der Waals surface area contributed by atoms with Gasteiger partial charge in [-0.05, 0) is 57.4 Å². The van der Waals surface area contributed by atoms with Gasteiger partial charge < -0.3 is 15.0 Å². The highest BCUT2D eigenvalue weighted by Crippen LogP contribution is 2.38. The van der Waals surface area contributed by atoms with Crippen LogP contribution in [0.1, 0.15) is 45.4 Å². The van der Waals surface area contributed by atoms with Crippen LogP contribution in [-0.4, -0.2) is 48.6 Å². The van der Waals surface area contributed by atoms with Crippen molar-refractivity contribution < 1.29 is 14.3 Å². The van der Waals surface area contributed by atoms with E-state index < -0.39 is 0 Å². The van der Waals surface area contributed by atoms with Crippen molar-refractivity contribution in [3.05, 3.63) is 0 Å². The minimum atomic E-state index is -0.367. The summed E-state index contributed by atoms with van der Waals surface area (Å²) >= 11 is 0. The Balaban J connectivity index is 1.70. The number of carbonyl (C=O) groups is 2. The van der Waals surface area contributed by atoms with E-state index in [1.54, 1.807) is 4.90 Å². The van der Waals surface area contributed by atoms with E-state index >= 15 is 0 Å². The van der Waals surface area contributed by atoms with Gasteiger partial charge in [-0.15, -0.1) is 0 Å². The first-order valence-corrected chi connectivity index (χ1v) is 8.43. The van der Waals surface area contributed by atoms with E-state index in [4.69, 9.17) is 4.74 Å². The van der Waals surface area contributed by atoms with Gasteiger partial charge >= 0.3 is 5.97 Å². The Bertz CT molecular complexity index is 412. The van der Waals surface area contributed by atoms with Crippen LogP contribution in [0.4, 0.5) is 0 Å². The van der Waals surface area contributed by atoms with Crippen LogP contribution in [0.5, 0.6) is 0 Å². The smallest absolute Gasteiger partial charge is 0.328 e. The summed E-state index contributed by atoms with van der Waals surface area (Å²) in [6, 6.07) is -0.444. The lowest BCUT2D eigenvalue weighted by molar-refractivity contribution is -0.157. The summed E-state index contributed by atoms with van der Waals surface area (Å²) in [5.41, 5.74) is 0. The fourth-order valence-electron chi connectivity index (χ4n) is 4.32. The molecule has 1 amide bonds. The zero-order valence-corrected chi connectivity index (χ0v) is 12.8. The second-order valence-electron chi connectivity index (χ2n) is 6.54. The van der Waals surface area contributed by atoms with E-state index in [1.807, 2.05) is 6.92 Å². The van der Waals surface area contributed by atoms with Crippen LogP contribution in [0.15, 0.2) is 0 Å². The van der Waals surface area contributed by atoms with Gasteiger partial charge in [0, 0.05) is 6.54 Å². The monoisotopic (exact) mass is 294 g/mol.